The van der Waals surface area contributed by atoms with Crippen LogP contribution in [-0.2, 0) is 29.7 Å². The highest BCUT2D eigenvalue weighted by atomic mass is 32.2. The van der Waals surface area contributed by atoms with E-state index in [0.717, 1.165) is 11.3 Å². The molecular weight excluding hydrogens is 292 g/mol. The summed E-state index contributed by atoms with van der Waals surface area (Å²) in [6.45, 7) is 1.09. The summed E-state index contributed by atoms with van der Waals surface area (Å²) in [7, 11) is -1.73. The Hall–Kier alpha value is -1.93. The maximum Gasteiger partial charge on any atom is 0.211 e. The van der Waals surface area contributed by atoms with Crippen LogP contribution in [0.25, 0.3) is 0 Å². The van der Waals surface area contributed by atoms with Gasteiger partial charge in [-0.3, -0.25) is 0 Å². The average Bonchev–Trinajstić information content (AvgIpc) is 2.69. The Balaban J connectivity index is 1.93. The molecule has 1 aromatic carbocycles. The zero-order chi connectivity index (χ0) is 15.0. The summed E-state index contributed by atoms with van der Waals surface area (Å²) in [5, 5.41) is 8.19. The molecule has 1 aliphatic rings. The molecule has 0 amide bonds. The van der Waals surface area contributed by atoms with Crippen molar-refractivity contribution in [2.75, 3.05) is 13.3 Å². The molecule has 0 fully saturated rings. The summed E-state index contributed by atoms with van der Waals surface area (Å²) in [6.07, 6.45) is 1.17. The first kappa shape index (κ1) is 14.0. The van der Waals surface area contributed by atoms with Gasteiger partial charge in [-0.15, -0.1) is 10.2 Å². The van der Waals surface area contributed by atoms with Crippen molar-refractivity contribution >= 4 is 10.0 Å². The third kappa shape index (κ3) is 2.77. The van der Waals surface area contributed by atoms with Gasteiger partial charge in [-0.25, -0.2) is 8.42 Å². The molecular formula is C13H16N4O3S. The van der Waals surface area contributed by atoms with Gasteiger partial charge in [0.05, 0.1) is 19.3 Å². The SMILES string of the molecule is CN(Cc1nnc2n1Cc1ccccc1OC2)S(C)(=O)=O. The molecule has 0 saturated heterocycles. The van der Waals surface area contributed by atoms with E-state index in [1.807, 2.05) is 28.8 Å². The molecule has 0 bridgehead atoms. The Kier molecular flexibility index (Phi) is 3.42. The van der Waals surface area contributed by atoms with Gasteiger partial charge in [0, 0.05) is 12.6 Å². The topological polar surface area (TPSA) is 77.3 Å². The van der Waals surface area contributed by atoms with Crippen LogP contribution in [0.4, 0.5) is 0 Å². The highest BCUT2D eigenvalue weighted by Gasteiger charge is 2.21. The van der Waals surface area contributed by atoms with Crippen LogP contribution in [0.1, 0.15) is 17.2 Å². The van der Waals surface area contributed by atoms with E-state index in [2.05, 4.69) is 10.2 Å². The van der Waals surface area contributed by atoms with Crippen molar-refractivity contribution in [3.05, 3.63) is 41.5 Å². The second kappa shape index (κ2) is 5.12. The molecule has 21 heavy (non-hydrogen) atoms. The predicted octanol–water partition coefficient (Wildman–Crippen LogP) is 0.610. The number of hydrogen-bond acceptors (Lipinski definition) is 5. The van der Waals surface area contributed by atoms with E-state index >= 15 is 0 Å². The van der Waals surface area contributed by atoms with E-state index in [9.17, 15) is 8.42 Å². The minimum absolute atomic E-state index is 0.188. The molecule has 8 heteroatoms. The first-order chi connectivity index (χ1) is 9.95. The molecule has 0 N–H and O–H groups in total. The maximum atomic E-state index is 11.5. The lowest BCUT2D eigenvalue weighted by Gasteiger charge is -2.14. The van der Waals surface area contributed by atoms with Gasteiger partial charge in [0.1, 0.15) is 18.2 Å². The summed E-state index contributed by atoms with van der Waals surface area (Å²) in [5.41, 5.74) is 1.03. The quantitative estimate of drug-likeness (QED) is 0.830. The zero-order valence-corrected chi connectivity index (χ0v) is 12.7. The number of para-hydroxylation sites is 1. The molecule has 0 spiro atoms. The number of hydrogen-bond donors (Lipinski definition) is 0. The summed E-state index contributed by atoms with van der Waals surface area (Å²) < 4.78 is 31.9. The van der Waals surface area contributed by atoms with Gasteiger partial charge in [0.15, 0.2) is 5.82 Å². The minimum Gasteiger partial charge on any atom is -0.485 e. The summed E-state index contributed by atoms with van der Waals surface area (Å²) in [6, 6.07) is 7.76. The van der Waals surface area contributed by atoms with Crippen molar-refractivity contribution < 1.29 is 13.2 Å². The van der Waals surface area contributed by atoms with Gasteiger partial charge in [0.25, 0.3) is 0 Å². The van der Waals surface area contributed by atoms with Crippen LogP contribution >= 0.6 is 0 Å². The van der Waals surface area contributed by atoms with Gasteiger partial charge in [-0.1, -0.05) is 18.2 Å². The summed E-state index contributed by atoms with van der Waals surface area (Å²) in [4.78, 5) is 0. The summed E-state index contributed by atoms with van der Waals surface area (Å²) in [5.74, 6) is 2.13. The Morgan fingerprint density at radius 1 is 1.33 bits per heavy atom. The first-order valence-electron chi connectivity index (χ1n) is 6.48. The Morgan fingerprint density at radius 3 is 2.86 bits per heavy atom. The van der Waals surface area contributed by atoms with Gasteiger partial charge in [-0.2, -0.15) is 4.31 Å². The third-order valence-electron chi connectivity index (χ3n) is 3.49. The fraction of sp³-hybridized carbons (Fsp3) is 0.385. The van der Waals surface area contributed by atoms with Crippen LogP contribution in [0, 0.1) is 0 Å². The molecule has 1 aromatic heterocycles. The lowest BCUT2D eigenvalue weighted by molar-refractivity contribution is 0.297. The Labute approximate surface area is 123 Å². The molecule has 0 aliphatic carbocycles. The number of rotatable bonds is 3. The molecule has 2 heterocycles. The van der Waals surface area contributed by atoms with Crippen LogP contribution in [0.15, 0.2) is 24.3 Å². The van der Waals surface area contributed by atoms with E-state index in [1.165, 1.54) is 17.6 Å². The largest absolute Gasteiger partial charge is 0.485 e. The van der Waals surface area contributed by atoms with E-state index < -0.39 is 10.0 Å². The molecule has 0 atom stereocenters. The number of nitrogens with zero attached hydrogens (tertiary/aromatic N) is 4. The fourth-order valence-electron chi connectivity index (χ4n) is 2.18. The Morgan fingerprint density at radius 2 is 2.10 bits per heavy atom. The van der Waals surface area contributed by atoms with E-state index in [4.69, 9.17) is 4.74 Å². The zero-order valence-electron chi connectivity index (χ0n) is 11.9. The molecule has 2 aromatic rings. The van der Waals surface area contributed by atoms with Crippen molar-refractivity contribution in [2.45, 2.75) is 19.7 Å². The maximum absolute atomic E-state index is 11.5. The molecule has 3 rings (SSSR count). The minimum atomic E-state index is -3.25. The number of benzene rings is 1. The normalized spacial score (nSPS) is 14.2. The molecule has 112 valence electrons. The Bertz CT molecular complexity index is 769. The number of sulfonamides is 1. The van der Waals surface area contributed by atoms with Crippen LogP contribution in [0.5, 0.6) is 5.75 Å². The van der Waals surface area contributed by atoms with Crippen LogP contribution in [-0.4, -0.2) is 40.8 Å². The molecule has 0 radical (unpaired) electrons. The first-order valence-corrected chi connectivity index (χ1v) is 8.33. The summed E-state index contributed by atoms with van der Waals surface area (Å²) >= 11 is 0. The monoisotopic (exact) mass is 308 g/mol. The van der Waals surface area contributed by atoms with Gasteiger partial charge in [0.2, 0.25) is 10.0 Å². The molecule has 1 aliphatic heterocycles. The fourth-order valence-corrected chi connectivity index (χ4v) is 2.53. The third-order valence-corrected chi connectivity index (χ3v) is 4.75. The van der Waals surface area contributed by atoms with Gasteiger partial charge in [-0.05, 0) is 6.07 Å². The average molecular weight is 308 g/mol. The van der Waals surface area contributed by atoms with Crippen molar-refractivity contribution in [3.63, 3.8) is 0 Å². The van der Waals surface area contributed by atoms with Crippen molar-refractivity contribution in [1.29, 1.82) is 0 Å². The number of fused-ring (bicyclic) bond motifs is 2. The van der Waals surface area contributed by atoms with Crippen molar-refractivity contribution in [3.8, 4) is 5.75 Å². The van der Waals surface area contributed by atoms with Crippen LogP contribution in [0.3, 0.4) is 0 Å². The second-order valence-corrected chi connectivity index (χ2v) is 7.12. The standard InChI is InChI=1S/C13H16N4O3S/c1-16(21(2,18)19)8-12-14-15-13-9-20-11-6-4-3-5-10(11)7-17(12)13/h3-6H,7-9H2,1-2H3. The number of aromatic nitrogens is 3. The van der Waals surface area contributed by atoms with E-state index in [1.54, 1.807) is 0 Å². The van der Waals surface area contributed by atoms with Crippen molar-refractivity contribution in [2.24, 2.45) is 0 Å². The molecule has 0 saturated carbocycles. The van der Waals surface area contributed by atoms with E-state index in [0.29, 0.717) is 24.8 Å². The molecule has 7 nitrogen and oxygen atoms in total. The highest BCUT2D eigenvalue weighted by Crippen LogP contribution is 2.24. The number of ether oxygens (including phenoxy) is 1. The van der Waals surface area contributed by atoms with Crippen LogP contribution < -0.4 is 4.74 Å². The second-order valence-electron chi connectivity index (χ2n) is 5.03. The molecule has 0 unspecified atom stereocenters. The lowest BCUT2D eigenvalue weighted by atomic mass is 10.2. The lowest BCUT2D eigenvalue weighted by Crippen LogP contribution is -2.27. The smallest absolute Gasteiger partial charge is 0.211 e. The van der Waals surface area contributed by atoms with Crippen LogP contribution in [0.2, 0.25) is 0 Å². The van der Waals surface area contributed by atoms with Gasteiger partial charge >= 0.3 is 0 Å². The van der Waals surface area contributed by atoms with E-state index in [-0.39, 0.29) is 6.54 Å². The highest BCUT2D eigenvalue weighted by molar-refractivity contribution is 7.88. The predicted molar refractivity (Wildman–Crippen MR) is 76.2 cm³/mol. The van der Waals surface area contributed by atoms with Crippen molar-refractivity contribution in [1.82, 2.24) is 19.1 Å². The van der Waals surface area contributed by atoms with Gasteiger partial charge < -0.3 is 9.30 Å².